The second-order valence-electron chi connectivity index (χ2n) is 5.69. The first-order valence-electron chi connectivity index (χ1n) is 7.35. The minimum Gasteiger partial charge on any atom is -0.317 e. The molecule has 2 rings (SSSR count). The molecule has 2 fully saturated rings. The largest absolute Gasteiger partial charge is 0.317 e. The summed E-state index contributed by atoms with van der Waals surface area (Å²) < 4.78 is 0. The number of thioether (sulfide) groups is 1. The molecule has 0 amide bonds. The minimum absolute atomic E-state index is 0.812. The molecule has 100 valence electrons. The van der Waals surface area contributed by atoms with Crippen LogP contribution in [0.3, 0.4) is 0 Å². The van der Waals surface area contributed by atoms with E-state index in [2.05, 4.69) is 35.8 Å². The average Bonchev–Trinajstić information content (AvgIpc) is 2.34. The summed E-state index contributed by atoms with van der Waals surface area (Å²) in [4.78, 5) is 2.73. The molecule has 0 aliphatic carbocycles. The van der Waals surface area contributed by atoms with Crippen molar-refractivity contribution in [1.82, 2.24) is 10.2 Å². The van der Waals surface area contributed by atoms with Crippen LogP contribution in [0.25, 0.3) is 0 Å². The third-order valence-electron chi connectivity index (χ3n) is 4.37. The van der Waals surface area contributed by atoms with Crippen molar-refractivity contribution in [3.63, 3.8) is 0 Å². The molecule has 1 N–H and O–H groups in total. The summed E-state index contributed by atoms with van der Waals surface area (Å²) in [6.45, 7) is 8.58. The van der Waals surface area contributed by atoms with Crippen LogP contribution >= 0.6 is 11.8 Å². The first-order chi connectivity index (χ1) is 8.27. The lowest BCUT2D eigenvalue weighted by atomic mass is 9.98. The van der Waals surface area contributed by atoms with Gasteiger partial charge in [-0.25, -0.2) is 0 Å². The van der Waals surface area contributed by atoms with Crippen LogP contribution in [0.5, 0.6) is 0 Å². The molecule has 2 aliphatic rings. The summed E-state index contributed by atoms with van der Waals surface area (Å²) in [5.41, 5.74) is 0. The molecule has 0 aromatic carbocycles. The highest BCUT2D eigenvalue weighted by Gasteiger charge is 2.24. The van der Waals surface area contributed by atoms with Crippen LogP contribution in [0, 0.1) is 0 Å². The molecule has 0 saturated carbocycles. The van der Waals surface area contributed by atoms with Crippen molar-refractivity contribution in [2.75, 3.05) is 25.4 Å². The summed E-state index contributed by atoms with van der Waals surface area (Å²) in [5, 5.41) is 4.37. The van der Waals surface area contributed by atoms with Gasteiger partial charge in [-0.05, 0) is 52.6 Å². The van der Waals surface area contributed by atoms with Crippen LogP contribution in [0.15, 0.2) is 0 Å². The van der Waals surface area contributed by atoms with Crippen LogP contribution in [0.2, 0.25) is 0 Å². The number of likely N-dealkylation sites (tertiary alicyclic amines) is 1. The van der Waals surface area contributed by atoms with E-state index >= 15 is 0 Å². The van der Waals surface area contributed by atoms with E-state index in [4.69, 9.17) is 0 Å². The standard InChI is InChI=1S/C14H28N2S/c1-12-4-3-5-13(2)16(12)10-11-17-14-6-8-15-9-7-14/h12-15H,3-11H2,1-2H3/t12-,13+. The van der Waals surface area contributed by atoms with E-state index < -0.39 is 0 Å². The van der Waals surface area contributed by atoms with E-state index in [-0.39, 0.29) is 0 Å². The van der Waals surface area contributed by atoms with Crippen molar-refractivity contribution in [1.29, 1.82) is 0 Å². The molecule has 2 heterocycles. The summed E-state index contributed by atoms with van der Waals surface area (Å²) in [6.07, 6.45) is 6.98. The quantitative estimate of drug-likeness (QED) is 0.832. The topological polar surface area (TPSA) is 15.3 Å². The Hall–Kier alpha value is 0.270. The van der Waals surface area contributed by atoms with Crippen molar-refractivity contribution < 1.29 is 0 Å². The fourth-order valence-corrected chi connectivity index (χ4v) is 4.42. The Kier molecular flexibility index (Phi) is 5.64. The Morgan fingerprint density at radius 3 is 2.35 bits per heavy atom. The summed E-state index contributed by atoms with van der Waals surface area (Å²) in [7, 11) is 0. The number of rotatable bonds is 4. The van der Waals surface area contributed by atoms with E-state index in [1.807, 2.05) is 0 Å². The monoisotopic (exact) mass is 256 g/mol. The number of hydrogen-bond acceptors (Lipinski definition) is 3. The van der Waals surface area contributed by atoms with E-state index in [1.54, 1.807) is 0 Å². The molecule has 0 bridgehead atoms. The van der Waals surface area contributed by atoms with Crippen LogP contribution < -0.4 is 5.32 Å². The van der Waals surface area contributed by atoms with Gasteiger partial charge in [-0.3, -0.25) is 4.90 Å². The van der Waals surface area contributed by atoms with Gasteiger partial charge in [-0.1, -0.05) is 6.42 Å². The van der Waals surface area contributed by atoms with Crippen molar-refractivity contribution in [2.45, 2.75) is 63.3 Å². The minimum atomic E-state index is 0.812. The number of piperidine rings is 2. The zero-order valence-electron chi connectivity index (χ0n) is 11.5. The van der Waals surface area contributed by atoms with Crippen LogP contribution in [-0.4, -0.2) is 47.6 Å². The fraction of sp³-hybridized carbons (Fsp3) is 1.00. The molecule has 3 heteroatoms. The lowest BCUT2D eigenvalue weighted by Crippen LogP contribution is -2.45. The number of nitrogens with one attached hydrogen (secondary N) is 1. The molecule has 2 aliphatic heterocycles. The predicted octanol–water partition coefficient (Wildman–Crippen LogP) is 2.73. The van der Waals surface area contributed by atoms with Crippen molar-refractivity contribution in [3.8, 4) is 0 Å². The maximum Gasteiger partial charge on any atom is 0.00781 e. The molecule has 2 saturated heterocycles. The smallest absolute Gasteiger partial charge is 0.00781 e. The summed E-state index contributed by atoms with van der Waals surface area (Å²) >= 11 is 2.21. The highest BCUT2D eigenvalue weighted by atomic mass is 32.2. The number of nitrogens with zero attached hydrogens (tertiary/aromatic N) is 1. The highest BCUT2D eigenvalue weighted by Crippen LogP contribution is 2.25. The highest BCUT2D eigenvalue weighted by molar-refractivity contribution is 7.99. The maximum absolute atomic E-state index is 3.44. The number of hydrogen-bond donors (Lipinski definition) is 1. The summed E-state index contributed by atoms with van der Waals surface area (Å²) in [6, 6.07) is 1.62. The SMILES string of the molecule is C[C@@H]1CCC[C@H](C)N1CCSC1CCNCC1. The van der Waals surface area contributed by atoms with Gasteiger partial charge in [-0.15, -0.1) is 0 Å². The molecular formula is C14H28N2S. The van der Waals surface area contributed by atoms with Gasteiger partial charge in [-0.2, -0.15) is 11.8 Å². The first-order valence-corrected chi connectivity index (χ1v) is 8.40. The van der Waals surface area contributed by atoms with Crippen LogP contribution in [-0.2, 0) is 0 Å². The first kappa shape index (κ1) is 13.7. The van der Waals surface area contributed by atoms with Crippen molar-refractivity contribution >= 4 is 11.8 Å². The van der Waals surface area contributed by atoms with Gasteiger partial charge < -0.3 is 5.32 Å². The molecular weight excluding hydrogens is 228 g/mol. The molecule has 17 heavy (non-hydrogen) atoms. The third-order valence-corrected chi connectivity index (χ3v) is 5.73. The van der Waals surface area contributed by atoms with Gasteiger partial charge in [0.05, 0.1) is 0 Å². The van der Waals surface area contributed by atoms with Gasteiger partial charge in [0.25, 0.3) is 0 Å². The zero-order valence-corrected chi connectivity index (χ0v) is 12.3. The second-order valence-corrected chi connectivity index (χ2v) is 7.10. The molecule has 0 aromatic rings. The Bertz CT molecular complexity index is 206. The zero-order chi connectivity index (χ0) is 12.1. The van der Waals surface area contributed by atoms with Gasteiger partial charge >= 0.3 is 0 Å². The Morgan fingerprint density at radius 2 is 1.71 bits per heavy atom. The predicted molar refractivity (Wildman–Crippen MR) is 77.8 cm³/mol. The lowest BCUT2D eigenvalue weighted by molar-refractivity contribution is 0.112. The van der Waals surface area contributed by atoms with Gasteiger partial charge in [0.2, 0.25) is 0 Å². The van der Waals surface area contributed by atoms with E-state index in [9.17, 15) is 0 Å². The van der Waals surface area contributed by atoms with Gasteiger partial charge in [0, 0.05) is 29.6 Å². The second kappa shape index (κ2) is 7.01. The molecule has 0 spiro atoms. The molecule has 0 radical (unpaired) electrons. The van der Waals surface area contributed by atoms with Gasteiger partial charge in [0.15, 0.2) is 0 Å². The summed E-state index contributed by atoms with van der Waals surface area (Å²) in [5.74, 6) is 1.33. The normalized spacial score (nSPS) is 32.8. The molecule has 0 aromatic heterocycles. The average molecular weight is 256 g/mol. The Labute approximate surface area is 111 Å². The molecule has 2 atom stereocenters. The van der Waals surface area contributed by atoms with E-state index in [1.165, 1.54) is 57.5 Å². The van der Waals surface area contributed by atoms with E-state index in [0.717, 1.165) is 17.3 Å². The van der Waals surface area contributed by atoms with E-state index in [0.29, 0.717) is 0 Å². The maximum atomic E-state index is 3.44. The van der Waals surface area contributed by atoms with Gasteiger partial charge in [0.1, 0.15) is 0 Å². The Balaban J connectivity index is 1.66. The third kappa shape index (κ3) is 4.15. The van der Waals surface area contributed by atoms with Crippen molar-refractivity contribution in [3.05, 3.63) is 0 Å². The Morgan fingerprint density at radius 1 is 1.06 bits per heavy atom. The molecule has 0 unspecified atom stereocenters. The van der Waals surface area contributed by atoms with Crippen LogP contribution in [0.1, 0.15) is 46.0 Å². The fourth-order valence-electron chi connectivity index (χ4n) is 3.20. The van der Waals surface area contributed by atoms with Crippen molar-refractivity contribution in [2.24, 2.45) is 0 Å². The molecule has 2 nitrogen and oxygen atoms in total. The van der Waals surface area contributed by atoms with Crippen LogP contribution in [0.4, 0.5) is 0 Å². The lowest BCUT2D eigenvalue weighted by Gasteiger charge is -2.39.